The average Bonchev–Trinajstić information content (AvgIpc) is 2.66. The summed E-state index contributed by atoms with van der Waals surface area (Å²) >= 11 is 0. The van der Waals surface area contributed by atoms with Crippen LogP contribution in [0, 0.1) is 0 Å². The molecule has 2 N–H and O–H groups in total. The summed E-state index contributed by atoms with van der Waals surface area (Å²) in [5, 5.41) is 0. The zero-order chi connectivity index (χ0) is 18.8. The van der Waals surface area contributed by atoms with Crippen LogP contribution in [0.25, 0.3) is 6.08 Å². The van der Waals surface area contributed by atoms with E-state index in [9.17, 15) is 4.79 Å². The van der Waals surface area contributed by atoms with Crippen LogP contribution in [0.3, 0.4) is 0 Å². The summed E-state index contributed by atoms with van der Waals surface area (Å²) in [6.45, 7) is 4.81. The second-order valence-corrected chi connectivity index (χ2v) is 6.61. The largest absolute Gasteiger partial charge is 0.494 e. The lowest BCUT2D eigenvalue weighted by Gasteiger charge is -2.07. The van der Waals surface area contributed by atoms with Crippen molar-refractivity contribution in [3.05, 3.63) is 65.2 Å². The lowest BCUT2D eigenvalue weighted by molar-refractivity contribution is 0.103. The molecule has 0 fully saturated rings. The molecule has 2 aromatic rings. The SMILES string of the molecule is CCCCCCCOc1ccc(/C=C(\C)C(=O)c2ccc(N)cc2)cc1. The van der Waals surface area contributed by atoms with Crippen molar-refractivity contribution < 1.29 is 9.53 Å². The first kappa shape index (κ1) is 19.8. The summed E-state index contributed by atoms with van der Waals surface area (Å²) in [6.07, 6.45) is 8.06. The quantitative estimate of drug-likeness (QED) is 0.251. The summed E-state index contributed by atoms with van der Waals surface area (Å²) in [5.41, 5.74) is 8.65. The summed E-state index contributed by atoms with van der Waals surface area (Å²) < 4.78 is 5.77. The van der Waals surface area contributed by atoms with Gasteiger partial charge in [-0.25, -0.2) is 0 Å². The van der Waals surface area contributed by atoms with Crippen LogP contribution in [0.1, 0.15) is 61.9 Å². The van der Waals surface area contributed by atoms with E-state index in [0.717, 1.165) is 24.3 Å². The van der Waals surface area contributed by atoms with Gasteiger partial charge in [-0.3, -0.25) is 4.79 Å². The number of benzene rings is 2. The molecule has 138 valence electrons. The van der Waals surface area contributed by atoms with Crippen LogP contribution in [-0.4, -0.2) is 12.4 Å². The highest BCUT2D eigenvalue weighted by Gasteiger charge is 2.08. The van der Waals surface area contributed by atoms with Crippen LogP contribution >= 0.6 is 0 Å². The zero-order valence-corrected chi connectivity index (χ0v) is 15.8. The van der Waals surface area contributed by atoms with Gasteiger partial charge in [0, 0.05) is 11.3 Å². The molecule has 0 spiro atoms. The minimum Gasteiger partial charge on any atom is -0.494 e. The number of ketones is 1. The average molecular weight is 351 g/mol. The molecule has 0 aliphatic carbocycles. The van der Waals surface area contributed by atoms with Crippen LogP contribution in [0.15, 0.2) is 54.1 Å². The number of allylic oxidation sites excluding steroid dienone is 1. The van der Waals surface area contributed by atoms with Crippen LogP contribution in [0.5, 0.6) is 5.75 Å². The van der Waals surface area contributed by atoms with Gasteiger partial charge < -0.3 is 10.5 Å². The molecule has 0 bridgehead atoms. The van der Waals surface area contributed by atoms with Crippen molar-refractivity contribution in [1.29, 1.82) is 0 Å². The maximum Gasteiger partial charge on any atom is 0.188 e. The van der Waals surface area contributed by atoms with Gasteiger partial charge >= 0.3 is 0 Å². The Bertz CT molecular complexity index is 715. The van der Waals surface area contributed by atoms with Crippen molar-refractivity contribution in [3.8, 4) is 5.75 Å². The van der Waals surface area contributed by atoms with Gasteiger partial charge in [0.05, 0.1) is 6.61 Å². The molecule has 0 amide bonds. The fraction of sp³-hybridized carbons (Fsp3) is 0.348. The molecular weight excluding hydrogens is 322 g/mol. The monoisotopic (exact) mass is 351 g/mol. The maximum atomic E-state index is 12.4. The van der Waals surface area contributed by atoms with Crippen molar-refractivity contribution in [2.24, 2.45) is 0 Å². The molecule has 0 heterocycles. The molecule has 2 rings (SSSR count). The number of hydrogen-bond donors (Lipinski definition) is 1. The predicted octanol–water partition coefficient (Wildman–Crippen LogP) is 5.90. The lowest BCUT2D eigenvalue weighted by Crippen LogP contribution is -2.01. The molecule has 0 atom stereocenters. The molecule has 0 aliphatic rings. The van der Waals surface area contributed by atoms with Crippen molar-refractivity contribution in [1.82, 2.24) is 0 Å². The first-order valence-corrected chi connectivity index (χ1v) is 9.41. The third-order valence-electron chi connectivity index (χ3n) is 4.31. The molecule has 0 radical (unpaired) electrons. The molecule has 2 aromatic carbocycles. The minimum atomic E-state index is 0.0115. The molecule has 0 saturated heterocycles. The Hall–Kier alpha value is -2.55. The second-order valence-electron chi connectivity index (χ2n) is 6.61. The van der Waals surface area contributed by atoms with Gasteiger partial charge in [-0.15, -0.1) is 0 Å². The van der Waals surface area contributed by atoms with E-state index in [2.05, 4.69) is 6.92 Å². The van der Waals surface area contributed by atoms with Gasteiger partial charge in [0.25, 0.3) is 0 Å². The van der Waals surface area contributed by atoms with E-state index in [0.29, 0.717) is 16.8 Å². The normalized spacial score (nSPS) is 11.4. The third kappa shape index (κ3) is 6.40. The Labute approximate surface area is 156 Å². The van der Waals surface area contributed by atoms with Crippen molar-refractivity contribution >= 4 is 17.5 Å². The van der Waals surface area contributed by atoms with E-state index in [1.807, 2.05) is 37.3 Å². The molecule has 3 heteroatoms. The molecular formula is C23H29NO2. The lowest BCUT2D eigenvalue weighted by atomic mass is 10.0. The van der Waals surface area contributed by atoms with Crippen molar-refractivity contribution in [2.75, 3.05) is 12.3 Å². The topological polar surface area (TPSA) is 52.3 Å². The predicted molar refractivity (Wildman–Crippen MR) is 110 cm³/mol. The van der Waals surface area contributed by atoms with E-state index in [1.165, 1.54) is 25.7 Å². The Balaban J connectivity index is 1.88. The zero-order valence-electron chi connectivity index (χ0n) is 15.8. The van der Waals surface area contributed by atoms with Crippen LogP contribution < -0.4 is 10.5 Å². The number of anilines is 1. The molecule has 3 nitrogen and oxygen atoms in total. The van der Waals surface area contributed by atoms with Crippen LogP contribution in [0.2, 0.25) is 0 Å². The molecule has 0 saturated carbocycles. The number of rotatable bonds is 10. The minimum absolute atomic E-state index is 0.0115. The van der Waals surface area contributed by atoms with E-state index in [4.69, 9.17) is 10.5 Å². The number of carbonyl (C=O) groups excluding carboxylic acids is 1. The summed E-state index contributed by atoms with van der Waals surface area (Å²) in [4.78, 5) is 12.4. The highest BCUT2D eigenvalue weighted by atomic mass is 16.5. The summed E-state index contributed by atoms with van der Waals surface area (Å²) in [5.74, 6) is 0.887. The first-order valence-electron chi connectivity index (χ1n) is 9.41. The number of Topliss-reactive ketones (excluding diaryl/α,β-unsaturated/α-hetero) is 1. The second kappa shape index (κ2) is 10.4. The highest BCUT2D eigenvalue weighted by molar-refractivity contribution is 6.11. The van der Waals surface area contributed by atoms with Gasteiger partial charge in [0.2, 0.25) is 0 Å². The van der Waals surface area contributed by atoms with Crippen LogP contribution in [0.4, 0.5) is 5.69 Å². The number of nitrogen functional groups attached to an aromatic ring is 1. The molecule has 0 aromatic heterocycles. The first-order chi connectivity index (χ1) is 12.6. The van der Waals surface area contributed by atoms with Gasteiger partial charge in [0.15, 0.2) is 5.78 Å². The molecule has 26 heavy (non-hydrogen) atoms. The number of unbranched alkanes of at least 4 members (excludes halogenated alkanes) is 4. The molecule has 0 aliphatic heterocycles. The fourth-order valence-corrected chi connectivity index (χ4v) is 2.73. The standard InChI is InChI=1S/C23H29NO2/c1-3-4-5-6-7-16-26-22-14-8-19(9-15-22)17-18(2)23(25)20-10-12-21(24)13-11-20/h8-15,17H,3-7,16,24H2,1-2H3/b18-17+. The Morgan fingerprint density at radius 2 is 1.62 bits per heavy atom. The van der Waals surface area contributed by atoms with Gasteiger partial charge in [-0.05, 0) is 67.0 Å². The van der Waals surface area contributed by atoms with E-state index in [1.54, 1.807) is 24.3 Å². The van der Waals surface area contributed by atoms with Gasteiger partial charge in [-0.1, -0.05) is 44.7 Å². The Morgan fingerprint density at radius 1 is 0.962 bits per heavy atom. The van der Waals surface area contributed by atoms with Gasteiger partial charge in [-0.2, -0.15) is 0 Å². The van der Waals surface area contributed by atoms with E-state index < -0.39 is 0 Å². The highest BCUT2D eigenvalue weighted by Crippen LogP contribution is 2.17. The van der Waals surface area contributed by atoms with E-state index >= 15 is 0 Å². The van der Waals surface area contributed by atoms with Crippen LogP contribution in [-0.2, 0) is 0 Å². The number of nitrogens with two attached hydrogens (primary N) is 1. The number of ether oxygens (including phenoxy) is 1. The number of carbonyl (C=O) groups is 1. The fourth-order valence-electron chi connectivity index (χ4n) is 2.73. The van der Waals surface area contributed by atoms with Gasteiger partial charge in [0.1, 0.15) is 5.75 Å². The Morgan fingerprint density at radius 3 is 2.27 bits per heavy atom. The van der Waals surface area contributed by atoms with Crippen molar-refractivity contribution in [3.63, 3.8) is 0 Å². The Kier molecular flexibility index (Phi) is 7.94. The number of hydrogen-bond acceptors (Lipinski definition) is 3. The van der Waals surface area contributed by atoms with E-state index in [-0.39, 0.29) is 5.78 Å². The summed E-state index contributed by atoms with van der Waals surface area (Å²) in [7, 11) is 0. The molecule has 0 unspecified atom stereocenters. The van der Waals surface area contributed by atoms with Crippen molar-refractivity contribution in [2.45, 2.75) is 46.0 Å². The smallest absolute Gasteiger partial charge is 0.188 e. The maximum absolute atomic E-state index is 12.4. The summed E-state index contributed by atoms with van der Waals surface area (Å²) in [6, 6.07) is 14.9. The third-order valence-corrected chi connectivity index (χ3v) is 4.31.